The Bertz CT molecular complexity index is 1370. The molecule has 0 fully saturated rings. The number of rotatable bonds is 2. The lowest BCUT2D eigenvalue weighted by atomic mass is 10.2. The fraction of sp³-hybridized carbons (Fsp3) is 0.105. The molecular formula is C19H15N7OS. The van der Waals surface area contributed by atoms with Crippen molar-refractivity contribution in [2.45, 2.75) is 13.8 Å². The highest BCUT2D eigenvalue weighted by atomic mass is 32.1. The SMILES string of the molecule is Cc1cc(C)c2c(n1)nn1c(N)c(C(=O)Nc3nc4ccccc4s3)cnc21. The number of carbonyl (C=O) groups is 1. The number of aromatic nitrogens is 5. The van der Waals surface area contributed by atoms with Crippen LogP contribution in [0.2, 0.25) is 0 Å². The summed E-state index contributed by atoms with van der Waals surface area (Å²) in [6.07, 6.45) is 1.47. The van der Waals surface area contributed by atoms with Crippen LogP contribution in [0.1, 0.15) is 21.6 Å². The molecule has 0 unspecified atom stereocenters. The lowest BCUT2D eigenvalue weighted by Gasteiger charge is -2.06. The van der Waals surface area contributed by atoms with Gasteiger partial charge in [-0.3, -0.25) is 10.1 Å². The molecular weight excluding hydrogens is 374 g/mol. The quantitative estimate of drug-likeness (QED) is 0.479. The highest BCUT2D eigenvalue weighted by molar-refractivity contribution is 7.22. The summed E-state index contributed by atoms with van der Waals surface area (Å²) in [7, 11) is 0. The summed E-state index contributed by atoms with van der Waals surface area (Å²) in [6.45, 7) is 3.88. The molecule has 0 saturated carbocycles. The van der Waals surface area contributed by atoms with E-state index in [1.165, 1.54) is 22.0 Å². The summed E-state index contributed by atoms with van der Waals surface area (Å²) >= 11 is 1.40. The minimum Gasteiger partial charge on any atom is -0.383 e. The van der Waals surface area contributed by atoms with Crippen LogP contribution in [-0.4, -0.2) is 30.5 Å². The zero-order valence-corrected chi connectivity index (χ0v) is 15.9. The van der Waals surface area contributed by atoms with Gasteiger partial charge in [-0.25, -0.2) is 15.0 Å². The van der Waals surface area contributed by atoms with Crippen LogP contribution in [0.25, 0.3) is 26.9 Å². The van der Waals surface area contributed by atoms with Gasteiger partial charge >= 0.3 is 0 Å². The van der Waals surface area contributed by atoms with Crippen LogP contribution in [0, 0.1) is 13.8 Å². The summed E-state index contributed by atoms with van der Waals surface area (Å²) in [5.74, 6) is -0.176. The van der Waals surface area contributed by atoms with Crippen molar-refractivity contribution in [3.8, 4) is 0 Å². The van der Waals surface area contributed by atoms with Gasteiger partial charge in [0, 0.05) is 11.9 Å². The fourth-order valence-corrected chi connectivity index (χ4v) is 4.13. The molecule has 4 heterocycles. The van der Waals surface area contributed by atoms with Crippen LogP contribution in [-0.2, 0) is 0 Å². The number of thiazole rings is 1. The number of nitrogens with two attached hydrogens (primary N) is 1. The first-order chi connectivity index (χ1) is 13.5. The van der Waals surface area contributed by atoms with Gasteiger partial charge in [0.1, 0.15) is 11.4 Å². The number of amides is 1. The van der Waals surface area contributed by atoms with E-state index in [0.717, 1.165) is 26.9 Å². The molecule has 8 nitrogen and oxygen atoms in total. The van der Waals surface area contributed by atoms with Gasteiger partial charge < -0.3 is 5.73 Å². The van der Waals surface area contributed by atoms with Crippen molar-refractivity contribution in [2.75, 3.05) is 11.1 Å². The number of nitrogens with one attached hydrogen (secondary N) is 1. The molecule has 0 aliphatic rings. The van der Waals surface area contributed by atoms with Crippen LogP contribution < -0.4 is 11.1 Å². The van der Waals surface area contributed by atoms with Gasteiger partial charge in [-0.1, -0.05) is 23.5 Å². The number of para-hydroxylation sites is 1. The number of fused-ring (bicyclic) bond motifs is 4. The third-order valence-electron chi connectivity index (χ3n) is 4.52. The molecule has 0 saturated heterocycles. The van der Waals surface area contributed by atoms with Crippen LogP contribution in [0.4, 0.5) is 10.9 Å². The van der Waals surface area contributed by atoms with E-state index >= 15 is 0 Å². The number of carbonyl (C=O) groups excluding carboxylic acids is 1. The molecule has 1 amide bonds. The maximum absolute atomic E-state index is 12.8. The lowest BCUT2D eigenvalue weighted by Crippen LogP contribution is -2.16. The van der Waals surface area contributed by atoms with E-state index in [2.05, 4.69) is 25.4 Å². The Labute approximate surface area is 163 Å². The summed E-state index contributed by atoms with van der Waals surface area (Å²) in [6, 6.07) is 9.66. The normalized spacial score (nSPS) is 11.5. The van der Waals surface area contributed by atoms with Crippen molar-refractivity contribution in [1.29, 1.82) is 0 Å². The second-order valence-electron chi connectivity index (χ2n) is 6.51. The molecule has 28 heavy (non-hydrogen) atoms. The molecule has 0 aliphatic carbocycles. The van der Waals surface area contributed by atoms with Gasteiger partial charge in [0.2, 0.25) is 0 Å². The number of anilines is 2. The van der Waals surface area contributed by atoms with Gasteiger partial charge in [-0.05, 0) is 37.6 Å². The van der Waals surface area contributed by atoms with Crippen molar-refractivity contribution in [1.82, 2.24) is 24.6 Å². The third kappa shape index (κ3) is 2.48. The number of benzene rings is 1. The summed E-state index contributed by atoms with van der Waals surface area (Å²) in [5.41, 5.74) is 10.3. The zero-order chi connectivity index (χ0) is 19.4. The molecule has 0 bridgehead atoms. The van der Waals surface area contributed by atoms with Crippen LogP contribution in [0.15, 0.2) is 36.5 Å². The smallest absolute Gasteiger partial charge is 0.262 e. The monoisotopic (exact) mass is 389 g/mol. The van der Waals surface area contributed by atoms with Crippen molar-refractivity contribution in [3.05, 3.63) is 53.3 Å². The predicted octanol–water partition coefficient (Wildman–Crippen LogP) is 3.34. The van der Waals surface area contributed by atoms with E-state index in [9.17, 15) is 4.79 Å². The summed E-state index contributed by atoms with van der Waals surface area (Å²) in [4.78, 5) is 26.1. The molecule has 0 spiro atoms. The van der Waals surface area contributed by atoms with E-state index in [4.69, 9.17) is 5.73 Å². The Hall–Kier alpha value is -3.59. The Kier molecular flexibility index (Phi) is 3.53. The Morgan fingerprint density at radius 1 is 1.21 bits per heavy atom. The molecule has 3 N–H and O–H groups in total. The van der Waals surface area contributed by atoms with Gasteiger partial charge in [0.15, 0.2) is 16.4 Å². The lowest BCUT2D eigenvalue weighted by molar-refractivity contribution is 0.102. The zero-order valence-electron chi connectivity index (χ0n) is 15.1. The number of hydrogen-bond donors (Lipinski definition) is 2. The summed E-state index contributed by atoms with van der Waals surface area (Å²) in [5, 5.41) is 8.58. The van der Waals surface area contributed by atoms with E-state index in [1.807, 2.05) is 44.2 Å². The van der Waals surface area contributed by atoms with Crippen LogP contribution in [0.5, 0.6) is 0 Å². The van der Waals surface area contributed by atoms with E-state index in [1.54, 1.807) is 0 Å². The first-order valence-electron chi connectivity index (χ1n) is 8.59. The van der Waals surface area contributed by atoms with Gasteiger partial charge in [0.05, 0.1) is 15.6 Å². The molecule has 1 aromatic carbocycles. The van der Waals surface area contributed by atoms with E-state index in [-0.39, 0.29) is 17.3 Å². The van der Waals surface area contributed by atoms with Crippen LogP contribution in [0.3, 0.4) is 0 Å². The molecule has 0 atom stereocenters. The first kappa shape index (κ1) is 16.6. The van der Waals surface area contributed by atoms with Gasteiger partial charge in [-0.2, -0.15) is 4.52 Å². The Morgan fingerprint density at radius 3 is 2.86 bits per heavy atom. The highest BCUT2D eigenvalue weighted by Crippen LogP contribution is 2.27. The number of nitrogens with zero attached hydrogens (tertiary/aromatic N) is 5. The van der Waals surface area contributed by atoms with E-state index < -0.39 is 0 Å². The molecule has 9 heteroatoms. The average molecular weight is 389 g/mol. The standard InChI is InChI=1S/C19H15N7OS/c1-9-7-10(2)22-16-14(9)17-21-8-11(15(20)26(17)25-16)18(27)24-19-23-12-5-3-4-6-13(12)28-19/h3-8H,20H2,1-2H3,(H,23,24,27). The Balaban J connectivity index is 1.58. The molecule has 5 aromatic rings. The van der Waals surface area contributed by atoms with Gasteiger partial charge in [-0.15, -0.1) is 5.10 Å². The van der Waals surface area contributed by atoms with Crippen molar-refractivity contribution in [3.63, 3.8) is 0 Å². The Morgan fingerprint density at radius 2 is 2.04 bits per heavy atom. The van der Waals surface area contributed by atoms with Crippen molar-refractivity contribution >= 4 is 55.1 Å². The summed E-state index contributed by atoms with van der Waals surface area (Å²) < 4.78 is 2.46. The largest absolute Gasteiger partial charge is 0.383 e. The maximum Gasteiger partial charge on any atom is 0.262 e. The fourth-order valence-electron chi connectivity index (χ4n) is 3.27. The molecule has 4 aromatic heterocycles. The topological polar surface area (TPSA) is 111 Å². The maximum atomic E-state index is 12.8. The van der Waals surface area contributed by atoms with Crippen molar-refractivity contribution in [2.24, 2.45) is 0 Å². The molecule has 138 valence electrons. The second kappa shape index (κ2) is 5.96. The van der Waals surface area contributed by atoms with Gasteiger partial charge in [0.25, 0.3) is 5.91 Å². The number of hydrogen-bond acceptors (Lipinski definition) is 7. The minimum absolute atomic E-state index is 0.207. The van der Waals surface area contributed by atoms with Crippen LogP contribution >= 0.6 is 11.3 Å². The minimum atomic E-state index is -0.383. The molecule has 5 rings (SSSR count). The van der Waals surface area contributed by atoms with E-state index in [0.29, 0.717) is 16.4 Å². The van der Waals surface area contributed by atoms with Crippen molar-refractivity contribution < 1.29 is 4.79 Å². The second-order valence-corrected chi connectivity index (χ2v) is 7.54. The number of nitrogen functional groups attached to an aromatic ring is 1. The highest BCUT2D eigenvalue weighted by Gasteiger charge is 2.19. The number of aryl methyl sites for hydroxylation is 2. The molecule has 0 aliphatic heterocycles. The number of pyridine rings is 1. The average Bonchev–Trinajstić information content (AvgIpc) is 3.22. The predicted molar refractivity (Wildman–Crippen MR) is 110 cm³/mol. The first-order valence-corrected chi connectivity index (χ1v) is 9.41. The third-order valence-corrected chi connectivity index (χ3v) is 5.48. The molecule has 0 radical (unpaired) electrons.